The van der Waals surface area contributed by atoms with E-state index in [-0.39, 0.29) is 10.0 Å². The first-order valence-corrected chi connectivity index (χ1v) is 6.99. The summed E-state index contributed by atoms with van der Waals surface area (Å²) >= 11 is 2.90. The molecule has 1 aliphatic rings. The quantitative estimate of drug-likeness (QED) is 0.777. The minimum absolute atomic E-state index is 0.0253. The van der Waals surface area contributed by atoms with Crippen LogP contribution in [0.5, 0.6) is 0 Å². The maximum absolute atomic E-state index is 13.7. The molecule has 1 fully saturated rings. The van der Waals surface area contributed by atoms with E-state index in [1.165, 1.54) is 12.1 Å². The molecule has 1 saturated heterocycles. The van der Waals surface area contributed by atoms with Crippen LogP contribution in [0.25, 0.3) is 0 Å². The van der Waals surface area contributed by atoms with Gasteiger partial charge in [0.2, 0.25) is 0 Å². The summed E-state index contributed by atoms with van der Waals surface area (Å²) in [5, 5.41) is 0. The molecule has 0 saturated carbocycles. The highest BCUT2D eigenvalue weighted by Gasteiger charge is 2.25. The van der Waals surface area contributed by atoms with Crippen molar-refractivity contribution in [3.63, 3.8) is 0 Å². The van der Waals surface area contributed by atoms with Crippen molar-refractivity contribution in [2.24, 2.45) is 0 Å². The summed E-state index contributed by atoms with van der Waals surface area (Å²) in [5.41, 5.74) is -0.203. The fourth-order valence-corrected chi connectivity index (χ4v) is 2.43. The molecule has 0 unspecified atom stereocenters. The number of benzene rings is 1. The average Bonchev–Trinajstić information content (AvgIpc) is 2.44. The van der Waals surface area contributed by atoms with E-state index in [0.29, 0.717) is 13.1 Å². The smallest absolute Gasteiger partial charge is 0.257 e. The number of hydrogen-bond acceptors (Lipinski definition) is 2. The molecule has 104 valence electrons. The Labute approximate surface area is 119 Å². The molecule has 2 rings (SSSR count). The van der Waals surface area contributed by atoms with Gasteiger partial charge in [-0.3, -0.25) is 4.79 Å². The Kier molecular flexibility index (Phi) is 4.52. The molecule has 0 aromatic heterocycles. The second-order valence-electron chi connectivity index (χ2n) is 4.45. The molecule has 0 N–H and O–H groups in total. The first kappa shape index (κ1) is 14.4. The predicted octanol–water partition coefficient (Wildman–Crippen LogP) is 2.51. The standard InChI is InChI=1S/C13H15BrF2N2O/c1-2-17-5-7-18(8-6-17)13(19)9-3-4-10(14)12(16)11(9)15/h3-4H,2,5-8H2,1H3. The molecule has 0 radical (unpaired) electrons. The lowest BCUT2D eigenvalue weighted by Gasteiger charge is -2.34. The predicted molar refractivity (Wildman–Crippen MR) is 72.1 cm³/mol. The summed E-state index contributed by atoms with van der Waals surface area (Å²) in [6, 6.07) is 2.67. The van der Waals surface area contributed by atoms with Crippen LogP contribution in [0.4, 0.5) is 8.78 Å². The average molecular weight is 333 g/mol. The molecule has 0 spiro atoms. The Hall–Kier alpha value is -1.01. The third-order valence-corrected chi connectivity index (χ3v) is 3.98. The zero-order chi connectivity index (χ0) is 14.0. The van der Waals surface area contributed by atoms with E-state index in [2.05, 4.69) is 27.8 Å². The lowest BCUT2D eigenvalue weighted by atomic mass is 10.1. The van der Waals surface area contributed by atoms with Gasteiger partial charge in [-0.2, -0.15) is 0 Å². The summed E-state index contributed by atoms with van der Waals surface area (Å²) in [5.74, 6) is -2.55. The highest BCUT2D eigenvalue weighted by atomic mass is 79.9. The fraction of sp³-hybridized carbons (Fsp3) is 0.462. The van der Waals surface area contributed by atoms with E-state index in [1.807, 2.05) is 0 Å². The van der Waals surface area contributed by atoms with Crippen molar-refractivity contribution in [3.05, 3.63) is 33.8 Å². The van der Waals surface area contributed by atoms with Gasteiger partial charge in [0.15, 0.2) is 11.6 Å². The summed E-state index contributed by atoms with van der Waals surface area (Å²) < 4.78 is 27.2. The topological polar surface area (TPSA) is 23.6 Å². The maximum Gasteiger partial charge on any atom is 0.257 e. The van der Waals surface area contributed by atoms with Crippen molar-refractivity contribution < 1.29 is 13.6 Å². The number of halogens is 3. The van der Waals surface area contributed by atoms with E-state index in [4.69, 9.17) is 0 Å². The molecule has 1 aromatic carbocycles. The van der Waals surface area contributed by atoms with Crippen molar-refractivity contribution in [3.8, 4) is 0 Å². The summed E-state index contributed by atoms with van der Waals surface area (Å²) in [6.45, 7) is 5.61. The van der Waals surface area contributed by atoms with E-state index in [0.717, 1.165) is 19.6 Å². The van der Waals surface area contributed by atoms with E-state index >= 15 is 0 Å². The fourth-order valence-electron chi connectivity index (χ4n) is 2.13. The molecule has 3 nitrogen and oxygen atoms in total. The first-order valence-electron chi connectivity index (χ1n) is 6.19. The largest absolute Gasteiger partial charge is 0.336 e. The minimum Gasteiger partial charge on any atom is -0.336 e. The lowest BCUT2D eigenvalue weighted by Crippen LogP contribution is -2.48. The third-order valence-electron chi connectivity index (χ3n) is 3.37. The zero-order valence-electron chi connectivity index (χ0n) is 10.6. The Bertz CT molecular complexity index is 488. The third kappa shape index (κ3) is 2.95. The maximum atomic E-state index is 13.7. The zero-order valence-corrected chi connectivity index (χ0v) is 12.2. The van der Waals surface area contributed by atoms with Crippen LogP contribution >= 0.6 is 15.9 Å². The van der Waals surface area contributed by atoms with Gasteiger partial charge in [-0.25, -0.2) is 8.78 Å². The van der Waals surface area contributed by atoms with Gasteiger partial charge < -0.3 is 9.80 Å². The Balaban J connectivity index is 2.15. The van der Waals surface area contributed by atoms with Crippen LogP contribution in [0.1, 0.15) is 17.3 Å². The molecule has 1 heterocycles. The summed E-state index contributed by atoms with van der Waals surface area (Å²) in [6.07, 6.45) is 0. The number of carbonyl (C=O) groups excluding carboxylic acids is 1. The minimum atomic E-state index is -1.09. The van der Waals surface area contributed by atoms with E-state index < -0.39 is 17.5 Å². The van der Waals surface area contributed by atoms with Crippen LogP contribution < -0.4 is 0 Å². The van der Waals surface area contributed by atoms with Crippen LogP contribution in [0.3, 0.4) is 0 Å². The molecule has 6 heteroatoms. The molecule has 0 aliphatic carbocycles. The van der Waals surface area contributed by atoms with Gasteiger partial charge in [-0.15, -0.1) is 0 Å². The Morgan fingerprint density at radius 2 is 1.84 bits per heavy atom. The van der Waals surface area contributed by atoms with Gasteiger partial charge >= 0.3 is 0 Å². The molecular formula is C13H15BrF2N2O. The number of likely N-dealkylation sites (N-methyl/N-ethyl adjacent to an activating group) is 1. The highest BCUT2D eigenvalue weighted by Crippen LogP contribution is 2.22. The molecule has 0 bridgehead atoms. The van der Waals surface area contributed by atoms with Crippen molar-refractivity contribution >= 4 is 21.8 Å². The van der Waals surface area contributed by atoms with Crippen molar-refractivity contribution in [2.75, 3.05) is 32.7 Å². The molecule has 19 heavy (non-hydrogen) atoms. The van der Waals surface area contributed by atoms with Gasteiger partial charge in [0.05, 0.1) is 10.0 Å². The number of carbonyl (C=O) groups is 1. The highest BCUT2D eigenvalue weighted by molar-refractivity contribution is 9.10. The molecule has 0 atom stereocenters. The number of nitrogens with zero attached hydrogens (tertiary/aromatic N) is 2. The van der Waals surface area contributed by atoms with E-state index in [9.17, 15) is 13.6 Å². The van der Waals surface area contributed by atoms with Crippen LogP contribution in [0.2, 0.25) is 0 Å². The monoisotopic (exact) mass is 332 g/mol. The van der Waals surface area contributed by atoms with Crippen molar-refractivity contribution in [1.29, 1.82) is 0 Å². The SMILES string of the molecule is CCN1CCN(C(=O)c2ccc(Br)c(F)c2F)CC1. The molecular weight excluding hydrogens is 318 g/mol. The van der Waals surface area contributed by atoms with Crippen LogP contribution in [0.15, 0.2) is 16.6 Å². The van der Waals surface area contributed by atoms with E-state index in [1.54, 1.807) is 4.90 Å². The molecule has 1 aliphatic heterocycles. The Morgan fingerprint density at radius 1 is 1.21 bits per heavy atom. The first-order chi connectivity index (χ1) is 9.04. The number of hydrogen-bond donors (Lipinski definition) is 0. The van der Waals surface area contributed by atoms with Crippen molar-refractivity contribution in [1.82, 2.24) is 9.80 Å². The van der Waals surface area contributed by atoms with Gasteiger partial charge in [-0.05, 0) is 34.6 Å². The summed E-state index contributed by atoms with van der Waals surface area (Å²) in [4.78, 5) is 15.9. The van der Waals surface area contributed by atoms with Crippen molar-refractivity contribution in [2.45, 2.75) is 6.92 Å². The second kappa shape index (κ2) is 5.96. The lowest BCUT2D eigenvalue weighted by molar-refractivity contribution is 0.0637. The van der Waals surface area contributed by atoms with Gasteiger partial charge in [0, 0.05) is 26.2 Å². The normalized spacial score (nSPS) is 16.7. The van der Waals surface area contributed by atoms with Gasteiger partial charge in [0.25, 0.3) is 5.91 Å². The van der Waals surface area contributed by atoms with Gasteiger partial charge in [-0.1, -0.05) is 6.92 Å². The second-order valence-corrected chi connectivity index (χ2v) is 5.30. The van der Waals surface area contributed by atoms with Crippen LogP contribution in [-0.4, -0.2) is 48.4 Å². The number of piperazine rings is 1. The van der Waals surface area contributed by atoms with Gasteiger partial charge in [0.1, 0.15) is 0 Å². The van der Waals surface area contributed by atoms with Crippen LogP contribution in [-0.2, 0) is 0 Å². The van der Waals surface area contributed by atoms with Crippen LogP contribution in [0, 0.1) is 11.6 Å². The molecule has 1 aromatic rings. The number of amides is 1. The molecule has 1 amide bonds. The Morgan fingerprint density at radius 3 is 2.42 bits per heavy atom. The summed E-state index contributed by atoms with van der Waals surface area (Å²) in [7, 11) is 0. The number of rotatable bonds is 2.